The smallest absolute Gasteiger partial charge is 0.238 e. The van der Waals surface area contributed by atoms with Crippen LogP contribution in [0, 0.1) is 19.7 Å². The fourth-order valence-electron chi connectivity index (χ4n) is 3.90. The Kier molecular flexibility index (Phi) is 6.82. The maximum atomic E-state index is 12.9. The zero-order valence-electron chi connectivity index (χ0n) is 17.4. The zero-order chi connectivity index (χ0) is 21.0. The number of amides is 1. The molecule has 1 fully saturated rings. The lowest BCUT2D eigenvalue weighted by atomic mass is 10.1. The van der Waals surface area contributed by atoms with Gasteiger partial charge in [-0.3, -0.25) is 19.4 Å². The Morgan fingerprint density at radius 2 is 1.59 bits per heavy atom. The highest BCUT2D eigenvalue weighted by atomic mass is 19.1. The molecule has 2 aromatic rings. The summed E-state index contributed by atoms with van der Waals surface area (Å²) in [5.41, 5.74) is 3.55. The molecule has 2 heterocycles. The Balaban J connectivity index is 1.46. The van der Waals surface area contributed by atoms with Crippen LogP contribution in [0.5, 0.6) is 0 Å². The van der Waals surface area contributed by atoms with Gasteiger partial charge in [0.15, 0.2) is 5.78 Å². The molecule has 1 aromatic heterocycles. The first-order chi connectivity index (χ1) is 13.9. The van der Waals surface area contributed by atoms with Gasteiger partial charge in [-0.05, 0) is 51.1 Å². The average molecular weight is 400 g/mol. The number of ketones is 1. The summed E-state index contributed by atoms with van der Waals surface area (Å²) in [6.07, 6.45) is 0. The van der Waals surface area contributed by atoms with Crippen LogP contribution in [-0.4, -0.2) is 65.3 Å². The van der Waals surface area contributed by atoms with Crippen LogP contribution in [0.15, 0.2) is 30.3 Å². The van der Waals surface area contributed by atoms with Crippen molar-refractivity contribution in [3.8, 4) is 0 Å². The molecule has 3 rings (SSSR count). The number of rotatable bonds is 7. The molecule has 29 heavy (non-hydrogen) atoms. The molecule has 0 radical (unpaired) electrons. The second kappa shape index (κ2) is 9.33. The number of piperazine rings is 1. The van der Waals surface area contributed by atoms with E-state index in [-0.39, 0.29) is 24.1 Å². The van der Waals surface area contributed by atoms with E-state index in [0.717, 1.165) is 49.7 Å². The Morgan fingerprint density at radius 1 is 1.00 bits per heavy atom. The van der Waals surface area contributed by atoms with Gasteiger partial charge in [0.2, 0.25) is 5.91 Å². The normalized spacial score (nSPS) is 15.4. The summed E-state index contributed by atoms with van der Waals surface area (Å²) in [6.45, 7) is 10.6. The van der Waals surface area contributed by atoms with Crippen molar-refractivity contribution in [1.82, 2.24) is 14.4 Å². The highest BCUT2D eigenvalue weighted by Gasteiger charge is 2.23. The summed E-state index contributed by atoms with van der Waals surface area (Å²) in [7, 11) is 0. The minimum Gasteiger partial charge on any atom is -0.349 e. The molecule has 1 saturated heterocycles. The van der Waals surface area contributed by atoms with Crippen molar-refractivity contribution in [3.63, 3.8) is 0 Å². The van der Waals surface area contributed by atoms with Crippen molar-refractivity contribution in [2.45, 2.75) is 27.3 Å². The summed E-state index contributed by atoms with van der Waals surface area (Å²) in [4.78, 5) is 29.2. The molecule has 1 amide bonds. The number of carbonyl (C=O) groups is 2. The minimum absolute atomic E-state index is 0.117. The standard InChI is InChI=1S/C22H29FN4O2/c1-4-27-16(2)13-20(17(27)3)21(28)14-25-9-11-26(12-10-25)15-22(29)24-19-7-5-18(23)6-8-19/h5-8,13H,4,9-12,14-15H2,1-3H3,(H,24,29). The quantitative estimate of drug-likeness (QED) is 0.726. The fraction of sp³-hybridized carbons (Fsp3) is 0.455. The second-order valence-electron chi connectivity index (χ2n) is 7.56. The van der Waals surface area contributed by atoms with E-state index in [0.29, 0.717) is 12.2 Å². The summed E-state index contributed by atoms with van der Waals surface area (Å²) in [5.74, 6) is -0.293. The number of hydrogen-bond donors (Lipinski definition) is 1. The number of aromatic nitrogens is 1. The molecule has 7 heteroatoms. The lowest BCUT2D eigenvalue weighted by molar-refractivity contribution is -0.117. The molecule has 0 atom stereocenters. The van der Waals surface area contributed by atoms with Crippen LogP contribution in [-0.2, 0) is 11.3 Å². The van der Waals surface area contributed by atoms with Crippen LogP contribution in [0.4, 0.5) is 10.1 Å². The molecule has 0 bridgehead atoms. The Labute approximate surface area is 171 Å². The number of nitrogens with one attached hydrogen (secondary N) is 1. The van der Waals surface area contributed by atoms with Crippen molar-refractivity contribution in [1.29, 1.82) is 0 Å². The van der Waals surface area contributed by atoms with Gasteiger partial charge in [0, 0.05) is 55.4 Å². The Bertz CT molecular complexity index is 868. The Hall–Kier alpha value is -2.51. The van der Waals surface area contributed by atoms with Gasteiger partial charge in [-0.15, -0.1) is 0 Å². The van der Waals surface area contributed by atoms with Gasteiger partial charge < -0.3 is 9.88 Å². The molecule has 0 saturated carbocycles. The van der Waals surface area contributed by atoms with Crippen LogP contribution < -0.4 is 5.32 Å². The zero-order valence-corrected chi connectivity index (χ0v) is 17.4. The van der Waals surface area contributed by atoms with Gasteiger partial charge in [-0.25, -0.2) is 4.39 Å². The number of carbonyl (C=O) groups excluding carboxylic acids is 2. The molecule has 0 unspecified atom stereocenters. The molecular formula is C22H29FN4O2. The number of hydrogen-bond acceptors (Lipinski definition) is 4. The average Bonchev–Trinajstić information content (AvgIpc) is 2.98. The van der Waals surface area contributed by atoms with Crippen molar-refractivity contribution >= 4 is 17.4 Å². The number of anilines is 1. The summed E-state index contributed by atoms with van der Waals surface area (Å²) in [6, 6.07) is 7.72. The van der Waals surface area contributed by atoms with Crippen molar-refractivity contribution < 1.29 is 14.0 Å². The van der Waals surface area contributed by atoms with Crippen molar-refractivity contribution in [2.75, 3.05) is 44.6 Å². The third kappa shape index (κ3) is 5.31. The van der Waals surface area contributed by atoms with Crippen LogP contribution in [0.1, 0.15) is 28.7 Å². The van der Waals surface area contributed by atoms with Crippen LogP contribution in [0.2, 0.25) is 0 Å². The lowest BCUT2D eigenvalue weighted by Gasteiger charge is -2.33. The first-order valence-electron chi connectivity index (χ1n) is 10.1. The van der Waals surface area contributed by atoms with Gasteiger partial charge >= 0.3 is 0 Å². The molecule has 6 nitrogen and oxygen atoms in total. The summed E-state index contributed by atoms with van der Waals surface area (Å²) >= 11 is 0. The van der Waals surface area contributed by atoms with E-state index in [1.54, 1.807) is 12.1 Å². The minimum atomic E-state index is -0.328. The van der Waals surface area contributed by atoms with E-state index < -0.39 is 0 Å². The van der Waals surface area contributed by atoms with Gasteiger partial charge in [-0.1, -0.05) is 0 Å². The van der Waals surface area contributed by atoms with E-state index in [2.05, 4.69) is 26.6 Å². The van der Waals surface area contributed by atoms with Crippen LogP contribution in [0.25, 0.3) is 0 Å². The van der Waals surface area contributed by atoms with Crippen LogP contribution >= 0.6 is 0 Å². The first-order valence-corrected chi connectivity index (χ1v) is 10.1. The highest BCUT2D eigenvalue weighted by molar-refractivity contribution is 5.99. The lowest BCUT2D eigenvalue weighted by Crippen LogP contribution is -2.49. The third-order valence-electron chi connectivity index (χ3n) is 5.52. The monoisotopic (exact) mass is 400 g/mol. The topological polar surface area (TPSA) is 57.6 Å². The van der Waals surface area contributed by atoms with Crippen molar-refractivity contribution in [3.05, 3.63) is 53.1 Å². The predicted molar refractivity (Wildman–Crippen MR) is 112 cm³/mol. The number of benzene rings is 1. The number of nitrogens with zero attached hydrogens (tertiary/aromatic N) is 3. The molecule has 1 aliphatic rings. The number of aryl methyl sites for hydroxylation is 1. The largest absolute Gasteiger partial charge is 0.349 e. The summed E-state index contributed by atoms with van der Waals surface area (Å²) < 4.78 is 15.1. The second-order valence-corrected chi connectivity index (χ2v) is 7.56. The van der Waals surface area contributed by atoms with Gasteiger partial charge in [-0.2, -0.15) is 0 Å². The molecule has 156 valence electrons. The van der Waals surface area contributed by atoms with E-state index >= 15 is 0 Å². The fourth-order valence-corrected chi connectivity index (χ4v) is 3.90. The van der Waals surface area contributed by atoms with Gasteiger partial charge in [0.25, 0.3) is 0 Å². The first kappa shape index (κ1) is 21.2. The number of Topliss-reactive ketones (excluding diaryl/α,β-unsaturated/α-hetero) is 1. The van der Waals surface area contributed by atoms with Crippen molar-refractivity contribution in [2.24, 2.45) is 0 Å². The molecule has 1 N–H and O–H groups in total. The van der Waals surface area contributed by atoms with Gasteiger partial charge in [0.1, 0.15) is 5.82 Å². The van der Waals surface area contributed by atoms with E-state index in [1.807, 2.05) is 19.9 Å². The van der Waals surface area contributed by atoms with Crippen LogP contribution in [0.3, 0.4) is 0 Å². The van der Waals surface area contributed by atoms with E-state index in [1.165, 1.54) is 12.1 Å². The van der Waals surface area contributed by atoms with E-state index in [4.69, 9.17) is 0 Å². The maximum Gasteiger partial charge on any atom is 0.238 e. The molecular weight excluding hydrogens is 371 g/mol. The van der Waals surface area contributed by atoms with E-state index in [9.17, 15) is 14.0 Å². The third-order valence-corrected chi connectivity index (χ3v) is 5.52. The number of halogens is 1. The molecule has 1 aromatic carbocycles. The molecule has 0 aliphatic carbocycles. The Morgan fingerprint density at radius 3 is 2.14 bits per heavy atom. The van der Waals surface area contributed by atoms with Gasteiger partial charge in [0.05, 0.1) is 13.1 Å². The predicted octanol–water partition coefficient (Wildman–Crippen LogP) is 2.70. The summed E-state index contributed by atoms with van der Waals surface area (Å²) in [5, 5.41) is 2.78. The highest BCUT2D eigenvalue weighted by Crippen LogP contribution is 2.16. The molecule has 1 aliphatic heterocycles. The maximum absolute atomic E-state index is 12.9. The molecule has 0 spiro atoms. The SMILES string of the molecule is CCn1c(C)cc(C(=O)CN2CCN(CC(=O)Nc3ccc(F)cc3)CC2)c1C.